The molecule has 1 amide bonds. The van der Waals surface area contributed by atoms with Crippen LogP contribution in [0.5, 0.6) is 0 Å². The number of carbonyl (C=O) groups is 2. The molecule has 2 aromatic rings. The number of ketones is 1. The minimum Gasteiger partial charge on any atom is -0.325 e. The van der Waals surface area contributed by atoms with Crippen LogP contribution in [0.1, 0.15) is 29.0 Å². The van der Waals surface area contributed by atoms with Gasteiger partial charge in [-0.15, -0.1) is 0 Å². The van der Waals surface area contributed by atoms with E-state index in [1.165, 1.54) is 6.08 Å². The third kappa shape index (κ3) is 2.12. The van der Waals surface area contributed by atoms with Crippen LogP contribution in [0.15, 0.2) is 54.6 Å². The number of aryl methyl sites for hydroxylation is 1. The van der Waals surface area contributed by atoms with Gasteiger partial charge in [-0.2, -0.15) is 0 Å². The first kappa shape index (κ1) is 15.2. The molecule has 0 fully saturated rings. The van der Waals surface area contributed by atoms with Crippen LogP contribution in [0, 0.1) is 6.92 Å². The van der Waals surface area contributed by atoms with Crippen molar-refractivity contribution >= 4 is 29.0 Å². The molecule has 1 N–H and O–H groups in total. The summed E-state index contributed by atoms with van der Waals surface area (Å²) in [4.78, 5) is 25.1. The zero-order chi connectivity index (χ0) is 16.9. The summed E-state index contributed by atoms with van der Waals surface area (Å²) in [5.74, 6) is -0.283. The first-order valence-electron chi connectivity index (χ1n) is 7.91. The molecule has 1 aliphatic heterocycles. The lowest BCUT2D eigenvalue weighted by Crippen LogP contribution is -2.41. The second-order valence-electron chi connectivity index (χ2n) is 6.48. The second-order valence-corrected chi connectivity index (χ2v) is 6.92. The van der Waals surface area contributed by atoms with Crippen LogP contribution in [0.25, 0.3) is 0 Å². The van der Waals surface area contributed by atoms with E-state index in [4.69, 9.17) is 11.6 Å². The maximum Gasteiger partial charge on any atom is 0.239 e. The van der Waals surface area contributed by atoms with Gasteiger partial charge in [0.05, 0.1) is 0 Å². The van der Waals surface area contributed by atoms with Crippen molar-refractivity contribution in [3.05, 3.63) is 76.3 Å². The standard InChI is InChI=1S/C20H16ClNO2/c1-12-3-2-4-13(9-12)17-11-15(23)7-8-20(17)16-6-5-14(21)10-18(16)22-19(20)24/h2-10,17H,11H2,1H3,(H,22,24)/t17-,20+/m1/s1. The second kappa shape index (κ2) is 5.32. The average molecular weight is 338 g/mol. The number of nitrogens with one attached hydrogen (secondary N) is 1. The van der Waals surface area contributed by atoms with Crippen LogP contribution in [0.3, 0.4) is 0 Å². The molecule has 3 nitrogen and oxygen atoms in total. The smallest absolute Gasteiger partial charge is 0.239 e. The fraction of sp³-hybridized carbons (Fsp3) is 0.200. The van der Waals surface area contributed by atoms with E-state index in [2.05, 4.69) is 11.4 Å². The molecule has 120 valence electrons. The number of halogens is 1. The van der Waals surface area contributed by atoms with E-state index in [1.54, 1.807) is 18.2 Å². The Labute approximate surface area is 145 Å². The van der Waals surface area contributed by atoms with E-state index < -0.39 is 5.41 Å². The Hall–Kier alpha value is -2.39. The molecule has 1 spiro atoms. The third-order valence-corrected chi connectivity index (χ3v) is 5.22. The van der Waals surface area contributed by atoms with Crippen molar-refractivity contribution in [2.75, 3.05) is 5.32 Å². The minimum atomic E-state index is -0.859. The van der Waals surface area contributed by atoms with Crippen LogP contribution < -0.4 is 5.32 Å². The number of carbonyl (C=O) groups excluding carboxylic acids is 2. The minimum absolute atomic E-state index is 0.0438. The summed E-state index contributed by atoms with van der Waals surface area (Å²) < 4.78 is 0. The van der Waals surface area contributed by atoms with Gasteiger partial charge >= 0.3 is 0 Å². The number of hydrogen-bond donors (Lipinski definition) is 1. The SMILES string of the molecule is Cc1cccc([C@H]2CC(=O)C=C[C@@]23C(=O)Nc2cc(Cl)ccc23)c1. The molecule has 4 heteroatoms. The number of anilines is 1. The van der Waals surface area contributed by atoms with Gasteiger partial charge in [0.1, 0.15) is 5.41 Å². The lowest BCUT2D eigenvalue weighted by Gasteiger charge is -2.36. The van der Waals surface area contributed by atoms with Gasteiger partial charge in [0.15, 0.2) is 5.78 Å². The van der Waals surface area contributed by atoms with Crippen molar-refractivity contribution in [2.45, 2.75) is 24.7 Å². The zero-order valence-corrected chi connectivity index (χ0v) is 13.9. The van der Waals surface area contributed by atoms with Gasteiger partial charge < -0.3 is 5.32 Å². The molecule has 4 rings (SSSR count). The molecular formula is C20H16ClNO2. The number of rotatable bonds is 1. The van der Waals surface area contributed by atoms with E-state index >= 15 is 0 Å². The maximum absolute atomic E-state index is 13.0. The molecule has 0 radical (unpaired) electrons. The summed E-state index contributed by atoms with van der Waals surface area (Å²) >= 11 is 6.07. The summed E-state index contributed by atoms with van der Waals surface area (Å²) in [5.41, 5.74) is 2.86. The highest BCUT2D eigenvalue weighted by molar-refractivity contribution is 6.31. The number of allylic oxidation sites excluding steroid dienone is 1. The van der Waals surface area contributed by atoms with Crippen LogP contribution in [0.2, 0.25) is 5.02 Å². The van der Waals surface area contributed by atoms with Crippen LogP contribution in [0.4, 0.5) is 5.69 Å². The number of benzene rings is 2. The summed E-state index contributed by atoms with van der Waals surface area (Å²) in [6.07, 6.45) is 3.62. The molecule has 0 saturated heterocycles. The van der Waals surface area contributed by atoms with E-state index in [0.29, 0.717) is 11.4 Å². The molecule has 1 heterocycles. The molecule has 24 heavy (non-hydrogen) atoms. The predicted molar refractivity (Wildman–Crippen MR) is 94.4 cm³/mol. The van der Waals surface area contributed by atoms with E-state index in [-0.39, 0.29) is 17.6 Å². The topological polar surface area (TPSA) is 46.2 Å². The Morgan fingerprint density at radius 2 is 2.00 bits per heavy atom. The molecular weight excluding hydrogens is 322 g/mol. The molecule has 0 saturated carbocycles. The normalized spacial score (nSPS) is 25.0. The third-order valence-electron chi connectivity index (χ3n) is 4.98. The van der Waals surface area contributed by atoms with Crippen molar-refractivity contribution in [2.24, 2.45) is 0 Å². The maximum atomic E-state index is 13.0. The first-order valence-corrected chi connectivity index (χ1v) is 8.28. The Kier molecular flexibility index (Phi) is 3.36. The largest absolute Gasteiger partial charge is 0.325 e. The van der Waals surface area contributed by atoms with Crippen molar-refractivity contribution in [1.82, 2.24) is 0 Å². The molecule has 0 unspecified atom stereocenters. The highest BCUT2D eigenvalue weighted by Crippen LogP contribution is 2.52. The molecule has 2 atom stereocenters. The van der Waals surface area contributed by atoms with Gasteiger partial charge in [0.25, 0.3) is 0 Å². The Morgan fingerprint density at radius 3 is 2.79 bits per heavy atom. The molecule has 0 aromatic heterocycles. The lowest BCUT2D eigenvalue weighted by atomic mass is 9.64. The first-order chi connectivity index (χ1) is 11.5. The van der Waals surface area contributed by atoms with Crippen molar-refractivity contribution in [1.29, 1.82) is 0 Å². The quantitative estimate of drug-likeness (QED) is 0.849. The Morgan fingerprint density at radius 1 is 1.17 bits per heavy atom. The molecule has 2 aromatic carbocycles. The van der Waals surface area contributed by atoms with Crippen LogP contribution >= 0.6 is 11.6 Å². The Bertz CT molecular complexity index is 902. The van der Waals surface area contributed by atoms with Crippen LogP contribution in [-0.4, -0.2) is 11.7 Å². The molecule has 1 aliphatic carbocycles. The summed E-state index contributed by atoms with van der Waals surface area (Å²) in [6, 6.07) is 13.5. The van der Waals surface area contributed by atoms with E-state index in [9.17, 15) is 9.59 Å². The number of hydrogen-bond acceptors (Lipinski definition) is 2. The van der Waals surface area contributed by atoms with Crippen LogP contribution in [-0.2, 0) is 15.0 Å². The van der Waals surface area contributed by atoms with Gasteiger partial charge in [0, 0.05) is 23.0 Å². The van der Waals surface area contributed by atoms with Gasteiger partial charge in [-0.3, -0.25) is 9.59 Å². The number of amides is 1. The van der Waals surface area contributed by atoms with Gasteiger partial charge in [-0.25, -0.2) is 0 Å². The highest BCUT2D eigenvalue weighted by atomic mass is 35.5. The van der Waals surface area contributed by atoms with E-state index in [1.807, 2.05) is 31.2 Å². The van der Waals surface area contributed by atoms with E-state index in [0.717, 1.165) is 22.4 Å². The van der Waals surface area contributed by atoms with Crippen molar-refractivity contribution in [3.8, 4) is 0 Å². The molecule has 0 bridgehead atoms. The average Bonchev–Trinajstić information content (AvgIpc) is 2.81. The summed E-state index contributed by atoms with van der Waals surface area (Å²) in [6.45, 7) is 2.01. The fourth-order valence-corrected chi connectivity index (χ4v) is 4.05. The number of fused-ring (bicyclic) bond motifs is 2. The molecule has 2 aliphatic rings. The lowest BCUT2D eigenvalue weighted by molar-refractivity contribution is -0.121. The summed E-state index contributed by atoms with van der Waals surface area (Å²) in [5, 5.41) is 3.52. The summed E-state index contributed by atoms with van der Waals surface area (Å²) in [7, 11) is 0. The Balaban J connectivity index is 1.95. The van der Waals surface area contributed by atoms with Gasteiger partial charge in [-0.1, -0.05) is 53.6 Å². The zero-order valence-electron chi connectivity index (χ0n) is 13.2. The highest BCUT2D eigenvalue weighted by Gasteiger charge is 2.53. The van der Waals surface area contributed by atoms with Crippen molar-refractivity contribution < 1.29 is 9.59 Å². The van der Waals surface area contributed by atoms with Crippen molar-refractivity contribution in [3.63, 3.8) is 0 Å². The van der Waals surface area contributed by atoms with Gasteiger partial charge in [0.2, 0.25) is 5.91 Å². The monoisotopic (exact) mass is 337 g/mol. The fourth-order valence-electron chi connectivity index (χ4n) is 3.88. The van der Waals surface area contributed by atoms with Gasteiger partial charge in [-0.05, 0) is 36.3 Å². The predicted octanol–water partition coefficient (Wildman–Crippen LogP) is 4.15.